The van der Waals surface area contributed by atoms with E-state index >= 15 is 0 Å². The largest absolute Gasteiger partial charge is 0.359 e. The first-order valence-electron chi connectivity index (χ1n) is 9.88. The Bertz CT molecular complexity index is 981. The molecule has 0 spiro atoms. The van der Waals surface area contributed by atoms with Crippen molar-refractivity contribution in [2.75, 3.05) is 13.1 Å². The van der Waals surface area contributed by atoms with Gasteiger partial charge >= 0.3 is 11.8 Å². The van der Waals surface area contributed by atoms with Crippen LogP contribution in [0.3, 0.4) is 0 Å². The Labute approximate surface area is 178 Å². The van der Waals surface area contributed by atoms with Gasteiger partial charge in [-0.3, -0.25) is 0 Å². The summed E-state index contributed by atoms with van der Waals surface area (Å²) in [4.78, 5) is 2.26. The molecule has 152 valence electrons. The summed E-state index contributed by atoms with van der Waals surface area (Å²) in [5.74, 6) is 0. The Morgan fingerprint density at radius 1 is 1.03 bits per heavy atom. The molecular weight excluding hydrogens is 376 g/mol. The molecule has 0 unspecified atom stereocenters. The Balaban J connectivity index is 0.000000189. The van der Waals surface area contributed by atoms with Crippen LogP contribution in [0.4, 0.5) is 0 Å². The summed E-state index contributed by atoms with van der Waals surface area (Å²) in [6.07, 6.45) is 1.69. The van der Waals surface area contributed by atoms with Gasteiger partial charge in [-0.1, -0.05) is 49.5 Å². The van der Waals surface area contributed by atoms with Gasteiger partial charge in [0.1, 0.15) is 0 Å². The zero-order chi connectivity index (χ0) is 21.2. The third-order valence-electron chi connectivity index (χ3n) is 4.35. The molecule has 1 aliphatic heterocycles. The van der Waals surface area contributed by atoms with Crippen molar-refractivity contribution in [1.29, 1.82) is 0 Å². The summed E-state index contributed by atoms with van der Waals surface area (Å²) in [6, 6.07) is 18.6. The van der Waals surface area contributed by atoms with Gasteiger partial charge in [0, 0.05) is 29.6 Å². The van der Waals surface area contributed by atoms with Crippen LogP contribution in [0.15, 0.2) is 82.3 Å². The fourth-order valence-electron chi connectivity index (χ4n) is 2.96. The van der Waals surface area contributed by atoms with Crippen molar-refractivity contribution in [1.82, 2.24) is 4.90 Å². The first-order chi connectivity index (χ1) is 14.0. The number of benzene rings is 2. The Morgan fingerprint density at radius 2 is 1.76 bits per heavy atom. The summed E-state index contributed by atoms with van der Waals surface area (Å²) < 4.78 is 5.27. The molecule has 0 saturated heterocycles. The van der Waals surface area contributed by atoms with Crippen LogP contribution in [0.1, 0.15) is 30.5 Å². The molecule has 0 bridgehead atoms. The third-order valence-corrected chi connectivity index (χ3v) is 5.18. The Hall–Kier alpha value is -2.56. The normalized spacial score (nSPS) is 12.7. The maximum Gasteiger partial charge on any atom is 0.359 e. The summed E-state index contributed by atoms with van der Waals surface area (Å²) in [5, 5.41) is 4.47. The van der Waals surface area contributed by atoms with Gasteiger partial charge in [-0.25, -0.2) is 4.42 Å². The summed E-state index contributed by atoms with van der Waals surface area (Å²) in [5.41, 5.74) is 11.0. The second kappa shape index (κ2) is 11.4. The van der Waals surface area contributed by atoms with Crippen molar-refractivity contribution in [3.05, 3.63) is 94.6 Å². The highest BCUT2D eigenvalue weighted by Crippen LogP contribution is 2.38. The summed E-state index contributed by atoms with van der Waals surface area (Å²) in [6.45, 7) is 14.1. The van der Waals surface area contributed by atoms with Crippen LogP contribution in [0, 0.1) is 13.8 Å². The molecule has 0 fully saturated rings. The van der Waals surface area contributed by atoms with E-state index in [0.29, 0.717) is 0 Å². The van der Waals surface area contributed by atoms with Gasteiger partial charge in [-0.05, 0) is 56.6 Å². The molecule has 0 amide bonds. The standard InChI is InChI=1S/C13H15NS.C10H9O.C2H7N/c1-4-14-11(3)15-9-13(14)12-8-6-5-7-10(12)2;1-8-4-5-10-9(7-8)3-2-6-11-10;1-2-3/h5-9H,3-4H2,1-2H3;2-7H,1H3;2-3H2,1H3/q;+1;. The third kappa shape index (κ3) is 6.21. The smallest absolute Gasteiger partial charge is 0.336 e. The van der Waals surface area contributed by atoms with E-state index in [0.717, 1.165) is 29.1 Å². The minimum atomic E-state index is 0.750. The number of nitrogens with zero attached hydrogens (tertiary/aromatic N) is 1. The van der Waals surface area contributed by atoms with Crippen molar-refractivity contribution >= 4 is 28.4 Å². The lowest BCUT2D eigenvalue weighted by Crippen LogP contribution is -2.15. The lowest BCUT2D eigenvalue weighted by molar-refractivity contribution is 0.558. The molecule has 0 radical (unpaired) electrons. The van der Waals surface area contributed by atoms with Crippen molar-refractivity contribution in [2.24, 2.45) is 5.73 Å². The topological polar surface area (TPSA) is 40.6 Å². The van der Waals surface area contributed by atoms with Crippen molar-refractivity contribution in [2.45, 2.75) is 27.7 Å². The average molecular weight is 408 g/mol. The van der Waals surface area contributed by atoms with Gasteiger partial charge in [-0.15, -0.1) is 0 Å². The number of thioether (sulfide) groups is 1. The molecule has 0 aliphatic carbocycles. The molecule has 4 rings (SSSR count). The summed E-state index contributed by atoms with van der Waals surface area (Å²) >= 11 is 1.71. The minimum absolute atomic E-state index is 0.750. The predicted molar refractivity (Wildman–Crippen MR) is 128 cm³/mol. The molecule has 29 heavy (non-hydrogen) atoms. The van der Waals surface area contributed by atoms with E-state index in [9.17, 15) is 0 Å². The van der Waals surface area contributed by atoms with Crippen molar-refractivity contribution < 1.29 is 4.42 Å². The SMILES string of the molecule is C=C1SC=C(c2ccccc2C)N1CC.CCN.Cc1ccc2[o+]cccc2c1. The number of hydrogen-bond acceptors (Lipinski definition) is 3. The molecule has 2 aromatic carbocycles. The highest BCUT2D eigenvalue weighted by atomic mass is 32.2. The fraction of sp³-hybridized carbons (Fsp3) is 0.240. The van der Waals surface area contributed by atoms with E-state index in [1.54, 1.807) is 18.0 Å². The maximum atomic E-state index is 5.27. The molecule has 2 heterocycles. The van der Waals surface area contributed by atoms with E-state index in [1.165, 1.54) is 22.4 Å². The van der Waals surface area contributed by atoms with Crippen LogP contribution in [0.5, 0.6) is 0 Å². The lowest BCUT2D eigenvalue weighted by Gasteiger charge is -2.21. The maximum absolute atomic E-state index is 5.27. The number of aryl methyl sites for hydroxylation is 2. The fourth-order valence-corrected chi connectivity index (χ4v) is 3.82. The average Bonchev–Trinajstić information content (AvgIpc) is 3.09. The molecule has 1 aromatic heterocycles. The Kier molecular flexibility index (Phi) is 8.97. The van der Waals surface area contributed by atoms with Crippen LogP contribution in [0.25, 0.3) is 16.7 Å². The van der Waals surface area contributed by atoms with E-state index in [-0.39, 0.29) is 0 Å². The highest BCUT2D eigenvalue weighted by molar-refractivity contribution is 8.06. The molecule has 0 atom stereocenters. The van der Waals surface area contributed by atoms with E-state index in [1.807, 2.05) is 31.2 Å². The van der Waals surface area contributed by atoms with Gasteiger partial charge in [-0.2, -0.15) is 0 Å². The lowest BCUT2D eigenvalue weighted by atomic mass is 10.1. The second-order valence-electron chi connectivity index (χ2n) is 6.64. The quantitative estimate of drug-likeness (QED) is 0.473. The number of hydrogen-bond donors (Lipinski definition) is 1. The molecule has 3 nitrogen and oxygen atoms in total. The van der Waals surface area contributed by atoms with E-state index < -0.39 is 0 Å². The molecule has 1 aliphatic rings. The van der Waals surface area contributed by atoms with Crippen LogP contribution in [-0.4, -0.2) is 18.0 Å². The zero-order valence-corrected chi connectivity index (χ0v) is 18.6. The molecule has 2 N–H and O–H groups in total. The van der Waals surface area contributed by atoms with Crippen LogP contribution in [-0.2, 0) is 0 Å². The second-order valence-corrected chi connectivity index (χ2v) is 7.58. The number of fused-ring (bicyclic) bond motifs is 1. The Morgan fingerprint density at radius 3 is 2.45 bits per heavy atom. The van der Waals surface area contributed by atoms with Crippen LogP contribution in [0.2, 0.25) is 0 Å². The van der Waals surface area contributed by atoms with Gasteiger partial charge in [0.05, 0.1) is 16.1 Å². The monoisotopic (exact) mass is 407 g/mol. The van der Waals surface area contributed by atoms with E-state index in [2.05, 4.69) is 68.0 Å². The van der Waals surface area contributed by atoms with Gasteiger partial charge < -0.3 is 10.6 Å². The minimum Gasteiger partial charge on any atom is -0.336 e. The summed E-state index contributed by atoms with van der Waals surface area (Å²) in [7, 11) is 0. The number of nitrogens with two attached hydrogens (primary N) is 1. The molecule has 3 aromatic rings. The first-order valence-corrected chi connectivity index (χ1v) is 10.8. The molecule has 4 heteroatoms. The zero-order valence-electron chi connectivity index (χ0n) is 17.8. The predicted octanol–water partition coefficient (Wildman–Crippen LogP) is 6.82. The molecular formula is C25H31N2OS+. The van der Waals surface area contributed by atoms with Crippen LogP contribution < -0.4 is 5.73 Å². The van der Waals surface area contributed by atoms with Crippen molar-refractivity contribution in [3.63, 3.8) is 0 Å². The molecule has 0 saturated carbocycles. The first kappa shape index (κ1) is 22.7. The van der Waals surface area contributed by atoms with Gasteiger partial charge in [0.15, 0.2) is 0 Å². The van der Waals surface area contributed by atoms with Gasteiger partial charge in [0.2, 0.25) is 0 Å². The highest BCUT2D eigenvalue weighted by Gasteiger charge is 2.20. The number of rotatable bonds is 2. The van der Waals surface area contributed by atoms with Crippen LogP contribution >= 0.6 is 11.8 Å². The van der Waals surface area contributed by atoms with E-state index in [4.69, 9.17) is 10.2 Å². The van der Waals surface area contributed by atoms with Gasteiger partial charge in [0.25, 0.3) is 0 Å². The van der Waals surface area contributed by atoms with Crippen molar-refractivity contribution in [3.8, 4) is 0 Å².